The Hall–Kier alpha value is -1.38. The zero-order valence-electron chi connectivity index (χ0n) is 14.8. The largest absolute Gasteiger partial charge is 0.404 e. The summed E-state index contributed by atoms with van der Waals surface area (Å²) in [6.07, 6.45) is 2.81. The molecule has 0 aromatic heterocycles. The first-order valence-corrected chi connectivity index (χ1v) is 10.6. The molecule has 1 saturated carbocycles. The molecule has 0 atom stereocenters. The van der Waals surface area contributed by atoms with E-state index in [4.69, 9.17) is 4.43 Å². The Bertz CT molecular complexity index is 584. The van der Waals surface area contributed by atoms with E-state index in [1.54, 1.807) is 0 Å². The van der Waals surface area contributed by atoms with Crippen LogP contribution in [-0.4, -0.2) is 14.4 Å². The number of benzene rings is 2. The summed E-state index contributed by atoms with van der Waals surface area (Å²) in [6.45, 7) is 9.37. The second kappa shape index (κ2) is 6.25. The van der Waals surface area contributed by atoms with Gasteiger partial charge in [-0.3, -0.25) is 0 Å². The first kappa shape index (κ1) is 16.5. The Morgan fingerprint density at radius 2 is 1.26 bits per heavy atom. The van der Waals surface area contributed by atoms with Crippen molar-refractivity contribution in [2.75, 3.05) is 0 Å². The number of hydrogen-bond acceptors (Lipinski definition) is 1. The normalized spacial score (nSPS) is 21.7. The van der Waals surface area contributed by atoms with Gasteiger partial charge in [0.1, 0.15) is 0 Å². The summed E-state index contributed by atoms with van der Waals surface area (Å²) < 4.78 is 7.02. The van der Waals surface area contributed by atoms with Crippen LogP contribution >= 0.6 is 0 Å². The predicted molar refractivity (Wildman–Crippen MR) is 101 cm³/mol. The highest BCUT2D eigenvalue weighted by Crippen LogP contribution is 2.41. The topological polar surface area (TPSA) is 9.23 Å². The summed E-state index contributed by atoms with van der Waals surface area (Å²) in [5, 5.41) is 2.87. The minimum absolute atomic E-state index is 0.0918. The summed E-state index contributed by atoms with van der Waals surface area (Å²) in [7, 11) is -2.31. The van der Waals surface area contributed by atoms with Crippen molar-refractivity contribution < 1.29 is 4.43 Å². The zero-order valence-corrected chi connectivity index (χ0v) is 15.8. The molecule has 0 saturated heterocycles. The molecule has 2 aromatic carbocycles. The predicted octanol–water partition coefficient (Wildman–Crippen LogP) is 4.36. The highest BCUT2D eigenvalue weighted by molar-refractivity contribution is 6.99. The van der Waals surface area contributed by atoms with Crippen molar-refractivity contribution in [1.82, 2.24) is 0 Å². The Morgan fingerprint density at radius 1 is 0.826 bits per heavy atom. The minimum atomic E-state index is -2.31. The van der Waals surface area contributed by atoms with E-state index in [0.29, 0.717) is 6.10 Å². The average Bonchev–Trinajstić information content (AvgIpc) is 2.51. The molecule has 1 aliphatic rings. The van der Waals surface area contributed by atoms with Crippen molar-refractivity contribution >= 4 is 18.7 Å². The Morgan fingerprint density at radius 3 is 1.61 bits per heavy atom. The first-order chi connectivity index (χ1) is 10.9. The average molecular weight is 325 g/mol. The fraction of sp³-hybridized carbons (Fsp3) is 0.429. The van der Waals surface area contributed by atoms with E-state index in [1.807, 2.05) is 0 Å². The molecule has 0 unspecified atom stereocenters. The van der Waals surface area contributed by atoms with Gasteiger partial charge in [-0.2, -0.15) is 0 Å². The van der Waals surface area contributed by atoms with Gasteiger partial charge in [0.2, 0.25) is 0 Å². The maximum atomic E-state index is 7.02. The molecule has 0 bridgehead atoms. The molecule has 2 heteroatoms. The SMILES string of the molecule is CC(C)(C)[Si](O[C@H]1C[C@@H](C)C1)(c1ccccc1)c1ccccc1. The molecule has 23 heavy (non-hydrogen) atoms. The molecule has 0 spiro atoms. The van der Waals surface area contributed by atoms with Gasteiger partial charge >= 0.3 is 0 Å². The molecule has 0 radical (unpaired) electrons. The lowest BCUT2D eigenvalue weighted by Crippen LogP contribution is -2.68. The molecule has 0 aliphatic heterocycles. The Kier molecular flexibility index (Phi) is 4.48. The van der Waals surface area contributed by atoms with Crippen LogP contribution < -0.4 is 10.4 Å². The molecular formula is C21H28OSi. The maximum absolute atomic E-state index is 7.02. The molecule has 1 aliphatic carbocycles. The fourth-order valence-electron chi connectivity index (χ4n) is 3.87. The zero-order chi connectivity index (χ0) is 16.5. The summed E-state index contributed by atoms with van der Waals surface area (Å²) in [4.78, 5) is 0. The lowest BCUT2D eigenvalue weighted by molar-refractivity contribution is 0.0647. The van der Waals surface area contributed by atoms with E-state index in [1.165, 1.54) is 23.2 Å². The lowest BCUT2D eigenvalue weighted by atomic mass is 9.84. The molecule has 122 valence electrons. The second-order valence-corrected chi connectivity index (χ2v) is 12.2. The minimum Gasteiger partial charge on any atom is -0.404 e. The summed E-state index contributed by atoms with van der Waals surface area (Å²) >= 11 is 0. The van der Waals surface area contributed by atoms with E-state index in [-0.39, 0.29) is 5.04 Å². The van der Waals surface area contributed by atoms with E-state index < -0.39 is 8.32 Å². The Labute approximate surface area is 141 Å². The standard InChI is InChI=1S/C21H28OSi/c1-17-15-18(16-17)22-23(21(2,3)4,19-11-7-5-8-12-19)20-13-9-6-10-14-20/h5-14,17-18H,15-16H2,1-4H3/t17-,18+. The van der Waals surface area contributed by atoms with Gasteiger partial charge in [-0.15, -0.1) is 0 Å². The number of hydrogen-bond donors (Lipinski definition) is 0. The molecule has 2 aromatic rings. The van der Waals surface area contributed by atoms with Crippen LogP contribution in [-0.2, 0) is 4.43 Å². The van der Waals surface area contributed by atoms with Crippen molar-refractivity contribution in [3.8, 4) is 0 Å². The molecule has 1 nitrogen and oxygen atoms in total. The van der Waals surface area contributed by atoms with Gasteiger partial charge < -0.3 is 4.43 Å². The van der Waals surface area contributed by atoms with Crippen LogP contribution in [0.2, 0.25) is 5.04 Å². The van der Waals surface area contributed by atoms with E-state index >= 15 is 0 Å². The van der Waals surface area contributed by atoms with Gasteiger partial charge in [-0.1, -0.05) is 88.4 Å². The van der Waals surface area contributed by atoms with Crippen molar-refractivity contribution in [2.24, 2.45) is 5.92 Å². The van der Waals surface area contributed by atoms with Crippen LogP contribution in [0.15, 0.2) is 60.7 Å². The monoisotopic (exact) mass is 324 g/mol. The van der Waals surface area contributed by atoms with Crippen LogP contribution in [0, 0.1) is 5.92 Å². The Balaban J connectivity index is 2.13. The lowest BCUT2D eigenvalue weighted by Gasteiger charge is -2.48. The molecule has 0 N–H and O–H groups in total. The van der Waals surface area contributed by atoms with Gasteiger partial charge in [-0.25, -0.2) is 0 Å². The van der Waals surface area contributed by atoms with Crippen LogP contribution in [0.25, 0.3) is 0 Å². The quantitative estimate of drug-likeness (QED) is 0.759. The van der Waals surface area contributed by atoms with Gasteiger partial charge in [0, 0.05) is 6.10 Å². The highest BCUT2D eigenvalue weighted by Gasteiger charge is 2.52. The van der Waals surface area contributed by atoms with Crippen molar-refractivity contribution in [3.63, 3.8) is 0 Å². The first-order valence-electron chi connectivity index (χ1n) is 8.72. The summed E-state index contributed by atoms with van der Waals surface area (Å²) in [5.41, 5.74) is 0. The second-order valence-electron chi connectivity index (χ2n) is 7.98. The van der Waals surface area contributed by atoms with Crippen LogP contribution in [0.1, 0.15) is 40.5 Å². The van der Waals surface area contributed by atoms with Crippen molar-refractivity contribution in [2.45, 2.75) is 51.7 Å². The summed E-state index contributed by atoms with van der Waals surface area (Å²) in [6, 6.07) is 21.9. The number of rotatable bonds is 4. The van der Waals surface area contributed by atoms with E-state index in [2.05, 4.69) is 88.4 Å². The third-order valence-corrected chi connectivity index (χ3v) is 10.2. The van der Waals surface area contributed by atoms with Crippen molar-refractivity contribution in [1.29, 1.82) is 0 Å². The maximum Gasteiger partial charge on any atom is 0.261 e. The van der Waals surface area contributed by atoms with Crippen molar-refractivity contribution in [3.05, 3.63) is 60.7 Å². The van der Waals surface area contributed by atoms with Gasteiger partial charge in [-0.05, 0) is 34.2 Å². The molecule has 1 fully saturated rings. The third kappa shape index (κ3) is 3.02. The highest BCUT2D eigenvalue weighted by atomic mass is 28.4. The molecule has 3 rings (SSSR count). The van der Waals surface area contributed by atoms with Gasteiger partial charge in [0.25, 0.3) is 8.32 Å². The molecular weight excluding hydrogens is 296 g/mol. The summed E-state index contributed by atoms with van der Waals surface area (Å²) in [5.74, 6) is 0.804. The van der Waals surface area contributed by atoms with E-state index in [9.17, 15) is 0 Å². The van der Waals surface area contributed by atoms with Gasteiger partial charge in [0.05, 0.1) is 0 Å². The molecule has 0 amide bonds. The van der Waals surface area contributed by atoms with E-state index in [0.717, 1.165) is 5.92 Å². The van der Waals surface area contributed by atoms with Gasteiger partial charge in [0.15, 0.2) is 0 Å². The van der Waals surface area contributed by atoms with Crippen LogP contribution in [0.3, 0.4) is 0 Å². The smallest absolute Gasteiger partial charge is 0.261 e. The van der Waals surface area contributed by atoms with Crippen LogP contribution in [0.5, 0.6) is 0 Å². The fourth-order valence-corrected chi connectivity index (χ4v) is 8.57. The molecule has 0 heterocycles. The third-order valence-electron chi connectivity index (χ3n) is 5.09. The van der Waals surface area contributed by atoms with Crippen LogP contribution in [0.4, 0.5) is 0 Å².